The van der Waals surface area contributed by atoms with Crippen molar-refractivity contribution in [2.75, 3.05) is 19.8 Å². The van der Waals surface area contributed by atoms with Crippen molar-refractivity contribution in [2.45, 2.75) is 46.8 Å². The average molecular weight is 453 g/mol. The van der Waals surface area contributed by atoms with E-state index in [9.17, 15) is 9.59 Å². The number of ether oxygens (including phenoxy) is 3. The summed E-state index contributed by atoms with van der Waals surface area (Å²) in [4.78, 5) is 25.2. The second-order valence-corrected chi connectivity index (χ2v) is 7.91. The van der Waals surface area contributed by atoms with Crippen molar-refractivity contribution in [3.8, 4) is 17.2 Å². The lowest BCUT2D eigenvalue weighted by molar-refractivity contribution is -0.121. The molecule has 7 heteroatoms. The molecule has 1 aromatic heterocycles. The Hall–Kier alpha value is -3.48. The molecule has 1 N–H and O–H groups in total. The van der Waals surface area contributed by atoms with E-state index in [1.165, 1.54) is 4.57 Å². The first-order valence-electron chi connectivity index (χ1n) is 11.4. The molecule has 3 rings (SSSR count). The molecule has 0 aliphatic rings. The second-order valence-electron chi connectivity index (χ2n) is 7.91. The fourth-order valence-corrected chi connectivity index (χ4v) is 3.54. The number of carbonyl (C=O) groups excluding carboxylic acids is 1. The predicted molar refractivity (Wildman–Crippen MR) is 129 cm³/mol. The first-order valence-corrected chi connectivity index (χ1v) is 11.4. The lowest BCUT2D eigenvalue weighted by atomic mass is 10.1. The van der Waals surface area contributed by atoms with Gasteiger partial charge >= 0.3 is 0 Å². The Morgan fingerprint density at radius 1 is 1.00 bits per heavy atom. The van der Waals surface area contributed by atoms with Crippen LogP contribution in [-0.4, -0.2) is 36.3 Å². The number of aromatic nitrogens is 1. The van der Waals surface area contributed by atoms with Crippen LogP contribution in [0.1, 0.15) is 33.3 Å². The van der Waals surface area contributed by atoms with Gasteiger partial charge in [0.1, 0.15) is 12.3 Å². The van der Waals surface area contributed by atoms with E-state index in [0.717, 1.165) is 10.9 Å². The molecule has 0 aliphatic heterocycles. The van der Waals surface area contributed by atoms with Gasteiger partial charge in [0, 0.05) is 18.1 Å². The van der Waals surface area contributed by atoms with Crippen LogP contribution in [0.5, 0.6) is 17.2 Å². The Bertz CT molecular complexity index is 1150. The van der Waals surface area contributed by atoms with Crippen molar-refractivity contribution < 1.29 is 19.0 Å². The maximum absolute atomic E-state index is 12.8. The van der Waals surface area contributed by atoms with Crippen LogP contribution in [0.15, 0.2) is 53.5 Å². The molecule has 0 bridgehead atoms. The maximum atomic E-state index is 12.8. The van der Waals surface area contributed by atoms with Gasteiger partial charge in [-0.3, -0.25) is 9.59 Å². The summed E-state index contributed by atoms with van der Waals surface area (Å²) in [6.07, 6.45) is 2.34. The number of carbonyl (C=O) groups is 1. The first-order chi connectivity index (χ1) is 15.9. The zero-order valence-corrected chi connectivity index (χ0v) is 19.7. The molecule has 0 atom stereocenters. The Kier molecular flexibility index (Phi) is 8.35. The van der Waals surface area contributed by atoms with Gasteiger partial charge in [-0.2, -0.15) is 0 Å². The number of hydrogen-bond donors (Lipinski definition) is 1. The van der Waals surface area contributed by atoms with Gasteiger partial charge in [-0.1, -0.05) is 6.07 Å². The van der Waals surface area contributed by atoms with E-state index in [1.807, 2.05) is 58.0 Å². The molecule has 0 saturated carbocycles. The molecule has 2 aromatic carbocycles. The molecule has 0 radical (unpaired) electrons. The van der Waals surface area contributed by atoms with E-state index in [-0.39, 0.29) is 24.1 Å². The fourth-order valence-electron chi connectivity index (χ4n) is 3.54. The summed E-state index contributed by atoms with van der Waals surface area (Å²) in [6.45, 7) is 9.30. The minimum absolute atomic E-state index is 0.0352. The summed E-state index contributed by atoms with van der Waals surface area (Å²) in [7, 11) is 0. The normalized spacial score (nSPS) is 10.9. The molecule has 176 valence electrons. The van der Waals surface area contributed by atoms with Gasteiger partial charge in [-0.25, -0.2) is 0 Å². The maximum Gasteiger partial charge on any atom is 0.258 e. The molecule has 0 spiro atoms. The van der Waals surface area contributed by atoms with Crippen LogP contribution in [0.4, 0.5) is 0 Å². The van der Waals surface area contributed by atoms with Crippen LogP contribution in [-0.2, 0) is 17.8 Å². The number of hydrogen-bond acceptors (Lipinski definition) is 5. The summed E-state index contributed by atoms with van der Waals surface area (Å²) in [5.41, 5.74) is 0.830. The molecule has 0 saturated heterocycles. The van der Waals surface area contributed by atoms with Crippen molar-refractivity contribution in [2.24, 2.45) is 0 Å². The second kappa shape index (κ2) is 11.4. The number of amides is 1. The molecule has 0 unspecified atom stereocenters. The highest BCUT2D eigenvalue weighted by Gasteiger charge is 2.10. The number of nitrogens with zero attached hydrogens (tertiary/aromatic N) is 1. The largest absolute Gasteiger partial charge is 0.491 e. The molecular formula is C26H32N2O5. The number of nitrogens with one attached hydrogen (secondary N) is 1. The first kappa shape index (κ1) is 24.2. The highest BCUT2D eigenvalue weighted by Crippen LogP contribution is 2.28. The number of benzene rings is 2. The quantitative estimate of drug-likeness (QED) is 0.477. The Morgan fingerprint density at radius 3 is 2.48 bits per heavy atom. The third-order valence-electron chi connectivity index (χ3n) is 4.98. The smallest absolute Gasteiger partial charge is 0.258 e. The highest BCUT2D eigenvalue weighted by atomic mass is 16.5. The molecular weight excluding hydrogens is 420 g/mol. The fraction of sp³-hybridized carbons (Fsp3) is 0.385. The van der Waals surface area contributed by atoms with Crippen molar-refractivity contribution >= 4 is 16.7 Å². The van der Waals surface area contributed by atoms with E-state index in [4.69, 9.17) is 14.2 Å². The molecule has 1 amide bonds. The number of fused-ring (bicyclic) bond motifs is 1. The SMILES string of the molecule is CCOc1ccc(CCNC(=O)Cn2ccc3cc(OC(C)C)ccc3c2=O)cc1OCC. The topological polar surface area (TPSA) is 78.8 Å². The van der Waals surface area contributed by atoms with Gasteiger partial charge in [0.05, 0.1) is 19.3 Å². The highest BCUT2D eigenvalue weighted by molar-refractivity contribution is 5.83. The Morgan fingerprint density at radius 2 is 1.76 bits per heavy atom. The summed E-state index contributed by atoms with van der Waals surface area (Å²) in [5.74, 6) is 1.92. The minimum atomic E-state index is -0.216. The van der Waals surface area contributed by atoms with E-state index in [2.05, 4.69) is 5.32 Å². The Balaban J connectivity index is 1.60. The van der Waals surface area contributed by atoms with Crippen LogP contribution in [0.25, 0.3) is 10.8 Å². The van der Waals surface area contributed by atoms with Crippen LogP contribution in [0.2, 0.25) is 0 Å². The van der Waals surface area contributed by atoms with Crippen LogP contribution >= 0.6 is 0 Å². The Labute approximate surface area is 194 Å². The van der Waals surface area contributed by atoms with Crippen LogP contribution < -0.4 is 25.1 Å². The monoisotopic (exact) mass is 452 g/mol. The zero-order valence-electron chi connectivity index (χ0n) is 19.7. The lowest BCUT2D eigenvalue weighted by Crippen LogP contribution is -2.33. The molecule has 3 aromatic rings. The van der Waals surface area contributed by atoms with Gasteiger partial charge in [0.25, 0.3) is 5.56 Å². The van der Waals surface area contributed by atoms with Gasteiger partial charge in [0.2, 0.25) is 5.91 Å². The standard InChI is InChI=1S/C26H32N2O5/c1-5-31-23-10-7-19(15-24(23)32-6-2)11-13-27-25(29)17-28-14-12-20-16-21(33-18(3)4)8-9-22(20)26(28)30/h7-10,12,14-16,18H,5-6,11,13,17H2,1-4H3,(H,27,29). The van der Waals surface area contributed by atoms with Crippen LogP contribution in [0.3, 0.4) is 0 Å². The molecule has 0 aliphatic carbocycles. The predicted octanol–water partition coefficient (Wildman–Crippen LogP) is 3.95. The lowest BCUT2D eigenvalue weighted by Gasteiger charge is -2.13. The molecule has 0 fully saturated rings. The summed E-state index contributed by atoms with van der Waals surface area (Å²) in [6, 6.07) is 13.0. The van der Waals surface area contributed by atoms with E-state index >= 15 is 0 Å². The van der Waals surface area contributed by atoms with Gasteiger partial charge in [-0.05, 0) is 81.5 Å². The van der Waals surface area contributed by atoms with Crippen molar-refractivity contribution in [1.82, 2.24) is 9.88 Å². The average Bonchev–Trinajstić information content (AvgIpc) is 2.77. The van der Waals surface area contributed by atoms with Crippen LogP contribution in [0, 0.1) is 0 Å². The summed E-state index contributed by atoms with van der Waals surface area (Å²) < 4.78 is 18.3. The van der Waals surface area contributed by atoms with E-state index in [0.29, 0.717) is 48.8 Å². The van der Waals surface area contributed by atoms with Crippen molar-refractivity contribution in [1.29, 1.82) is 0 Å². The van der Waals surface area contributed by atoms with Gasteiger partial charge < -0.3 is 24.1 Å². The van der Waals surface area contributed by atoms with E-state index < -0.39 is 0 Å². The molecule has 33 heavy (non-hydrogen) atoms. The van der Waals surface area contributed by atoms with Gasteiger partial charge in [-0.15, -0.1) is 0 Å². The number of pyridine rings is 1. The molecule has 7 nitrogen and oxygen atoms in total. The summed E-state index contributed by atoms with van der Waals surface area (Å²) in [5, 5.41) is 4.23. The van der Waals surface area contributed by atoms with E-state index in [1.54, 1.807) is 18.3 Å². The van der Waals surface area contributed by atoms with Crippen molar-refractivity contribution in [3.05, 3.63) is 64.6 Å². The third-order valence-corrected chi connectivity index (χ3v) is 4.98. The molecule has 1 heterocycles. The zero-order chi connectivity index (χ0) is 23.8. The van der Waals surface area contributed by atoms with Crippen molar-refractivity contribution in [3.63, 3.8) is 0 Å². The minimum Gasteiger partial charge on any atom is -0.491 e. The third kappa shape index (κ3) is 6.51. The van der Waals surface area contributed by atoms with Gasteiger partial charge in [0.15, 0.2) is 11.5 Å². The summed E-state index contributed by atoms with van der Waals surface area (Å²) >= 11 is 0. The number of rotatable bonds is 11.